The summed E-state index contributed by atoms with van der Waals surface area (Å²) in [5.41, 5.74) is 0.588. The van der Waals surface area contributed by atoms with Crippen LogP contribution in [0.15, 0.2) is 22.7 Å². The van der Waals surface area contributed by atoms with Crippen LogP contribution in [0.25, 0.3) is 0 Å². The van der Waals surface area contributed by atoms with Crippen LogP contribution in [0.3, 0.4) is 0 Å². The van der Waals surface area contributed by atoms with Crippen molar-refractivity contribution in [1.29, 1.82) is 5.26 Å². The highest BCUT2D eigenvalue weighted by Crippen LogP contribution is 2.27. The first-order chi connectivity index (χ1) is 9.11. The van der Waals surface area contributed by atoms with Crippen LogP contribution in [0.1, 0.15) is 12.8 Å². The Hall–Kier alpha value is -1.09. The van der Waals surface area contributed by atoms with Gasteiger partial charge in [0.25, 0.3) is 0 Å². The molecule has 1 heterocycles. The first kappa shape index (κ1) is 14.3. The molecule has 1 saturated heterocycles. The van der Waals surface area contributed by atoms with Gasteiger partial charge in [0.05, 0.1) is 29.4 Å². The lowest BCUT2D eigenvalue weighted by Gasteiger charge is -2.21. The van der Waals surface area contributed by atoms with Gasteiger partial charge in [-0.2, -0.15) is 5.26 Å². The van der Waals surface area contributed by atoms with Gasteiger partial charge in [-0.1, -0.05) is 27.5 Å². The van der Waals surface area contributed by atoms with Gasteiger partial charge in [-0.15, -0.1) is 0 Å². The number of hydrogen-bond donors (Lipinski definition) is 1. The highest BCUT2D eigenvalue weighted by Gasteiger charge is 2.30. The lowest BCUT2D eigenvalue weighted by Crippen LogP contribution is -2.39. The van der Waals surface area contributed by atoms with Gasteiger partial charge in [0.2, 0.25) is 5.91 Å². The van der Waals surface area contributed by atoms with Crippen molar-refractivity contribution in [3.8, 4) is 6.07 Å². The molecule has 0 aromatic heterocycles. The highest BCUT2D eigenvalue weighted by atomic mass is 79.9. The molecular formula is C13H13BrClN3O. The Morgan fingerprint density at radius 3 is 3.16 bits per heavy atom. The number of benzene rings is 1. The summed E-state index contributed by atoms with van der Waals surface area (Å²) >= 11 is 9.39. The molecule has 0 radical (unpaired) electrons. The molecule has 0 unspecified atom stereocenters. The lowest BCUT2D eigenvalue weighted by molar-refractivity contribution is -0.120. The Labute approximate surface area is 125 Å². The predicted molar refractivity (Wildman–Crippen MR) is 78.0 cm³/mol. The second kappa shape index (κ2) is 6.38. The van der Waals surface area contributed by atoms with Crippen LogP contribution >= 0.6 is 27.5 Å². The minimum atomic E-state index is -0.241. The molecule has 6 heteroatoms. The van der Waals surface area contributed by atoms with Gasteiger partial charge in [-0.3, -0.25) is 9.69 Å². The van der Waals surface area contributed by atoms with E-state index in [0.29, 0.717) is 10.7 Å². The molecule has 19 heavy (non-hydrogen) atoms. The molecule has 1 aromatic carbocycles. The van der Waals surface area contributed by atoms with E-state index in [1.165, 1.54) is 0 Å². The molecule has 1 aliphatic heterocycles. The van der Waals surface area contributed by atoms with Crippen molar-refractivity contribution in [3.05, 3.63) is 27.7 Å². The molecule has 100 valence electrons. The number of nitrogens with zero attached hydrogens (tertiary/aromatic N) is 2. The Balaban J connectivity index is 2.08. The van der Waals surface area contributed by atoms with Crippen LogP contribution in [0.2, 0.25) is 5.02 Å². The molecular weight excluding hydrogens is 330 g/mol. The van der Waals surface area contributed by atoms with E-state index in [0.717, 1.165) is 23.9 Å². The van der Waals surface area contributed by atoms with Crippen LogP contribution in [-0.4, -0.2) is 29.9 Å². The fraction of sp³-hybridized carbons (Fsp3) is 0.385. The zero-order chi connectivity index (χ0) is 13.8. The number of nitriles is 1. The van der Waals surface area contributed by atoms with Gasteiger partial charge in [0, 0.05) is 11.0 Å². The second-order valence-electron chi connectivity index (χ2n) is 4.40. The van der Waals surface area contributed by atoms with Gasteiger partial charge in [-0.25, -0.2) is 0 Å². The van der Waals surface area contributed by atoms with E-state index < -0.39 is 0 Å². The first-order valence-electron chi connectivity index (χ1n) is 5.98. The van der Waals surface area contributed by atoms with E-state index in [9.17, 15) is 4.79 Å². The summed E-state index contributed by atoms with van der Waals surface area (Å²) in [5, 5.41) is 12.1. The standard InChI is InChI=1S/C13H13BrClN3O/c14-9-3-4-10(15)11(8-9)17-13(19)12-2-1-6-18(12)7-5-16/h3-4,8,12H,1-2,6-7H2,(H,17,19)/t12-/m1/s1. The number of amides is 1. The lowest BCUT2D eigenvalue weighted by atomic mass is 10.2. The molecule has 0 saturated carbocycles. The first-order valence-corrected chi connectivity index (χ1v) is 7.16. The highest BCUT2D eigenvalue weighted by molar-refractivity contribution is 9.10. The van der Waals surface area contributed by atoms with E-state index in [2.05, 4.69) is 27.3 Å². The molecule has 1 N–H and O–H groups in total. The average molecular weight is 343 g/mol. The van der Waals surface area contributed by atoms with Crippen molar-refractivity contribution in [2.75, 3.05) is 18.4 Å². The number of hydrogen-bond acceptors (Lipinski definition) is 3. The summed E-state index contributed by atoms with van der Waals surface area (Å²) in [6.45, 7) is 1.07. The van der Waals surface area contributed by atoms with Crippen molar-refractivity contribution >= 4 is 39.1 Å². The third-order valence-electron chi connectivity index (χ3n) is 3.13. The van der Waals surface area contributed by atoms with E-state index in [-0.39, 0.29) is 18.5 Å². The number of rotatable bonds is 3. The molecule has 2 rings (SSSR count). The third kappa shape index (κ3) is 3.47. The molecule has 1 atom stereocenters. The summed E-state index contributed by atoms with van der Waals surface area (Å²) in [6, 6.07) is 7.16. The SMILES string of the molecule is N#CCN1CCC[C@@H]1C(=O)Nc1cc(Br)ccc1Cl. The summed E-state index contributed by atoms with van der Waals surface area (Å²) in [5.74, 6) is -0.104. The van der Waals surface area contributed by atoms with Crippen molar-refractivity contribution < 1.29 is 4.79 Å². The largest absolute Gasteiger partial charge is 0.323 e. The summed E-state index contributed by atoms with van der Waals surface area (Å²) in [7, 11) is 0. The zero-order valence-corrected chi connectivity index (χ0v) is 12.5. The van der Waals surface area contributed by atoms with E-state index in [1.807, 2.05) is 11.0 Å². The number of nitrogens with one attached hydrogen (secondary N) is 1. The van der Waals surface area contributed by atoms with Gasteiger partial charge in [0.1, 0.15) is 0 Å². The zero-order valence-electron chi connectivity index (χ0n) is 10.2. The topological polar surface area (TPSA) is 56.1 Å². The number of carbonyl (C=O) groups is 1. The van der Waals surface area contributed by atoms with Crippen molar-refractivity contribution in [2.24, 2.45) is 0 Å². The maximum atomic E-state index is 12.2. The molecule has 1 fully saturated rings. The number of anilines is 1. The fourth-order valence-electron chi connectivity index (χ4n) is 2.21. The fourth-order valence-corrected chi connectivity index (χ4v) is 2.74. The van der Waals surface area contributed by atoms with Gasteiger partial charge >= 0.3 is 0 Å². The normalized spacial score (nSPS) is 19.1. The van der Waals surface area contributed by atoms with Crippen LogP contribution in [0, 0.1) is 11.3 Å². The summed E-state index contributed by atoms with van der Waals surface area (Å²) in [6.07, 6.45) is 1.71. The smallest absolute Gasteiger partial charge is 0.241 e. The maximum absolute atomic E-state index is 12.2. The van der Waals surface area contributed by atoms with Crippen LogP contribution in [-0.2, 0) is 4.79 Å². The molecule has 1 aromatic rings. The van der Waals surface area contributed by atoms with Gasteiger partial charge in [-0.05, 0) is 31.0 Å². The number of likely N-dealkylation sites (tertiary alicyclic amines) is 1. The Morgan fingerprint density at radius 2 is 2.42 bits per heavy atom. The summed E-state index contributed by atoms with van der Waals surface area (Å²) in [4.78, 5) is 14.1. The van der Waals surface area contributed by atoms with E-state index >= 15 is 0 Å². The Morgan fingerprint density at radius 1 is 1.63 bits per heavy atom. The third-order valence-corrected chi connectivity index (χ3v) is 3.95. The molecule has 0 bridgehead atoms. The van der Waals surface area contributed by atoms with Gasteiger partial charge < -0.3 is 5.32 Å². The monoisotopic (exact) mass is 341 g/mol. The second-order valence-corrected chi connectivity index (χ2v) is 5.72. The van der Waals surface area contributed by atoms with Crippen LogP contribution in [0.4, 0.5) is 5.69 Å². The average Bonchev–Trinajstić information content (AvgIpc) is 2.82. The Kier molecular flexibility index (Phi) is 4.81. The predicted octanol–water partition coefficient (Wildman–Crippen LogP) is 3.03. The summed E-state index contributed by atoms with van der Waals surface area (Å²) < 4.78 is 0.854. The molecule has 0 spiro atoms. The molecule has 1 amide bonds. The van der Waals surface area contributed by atoms with Crippen molar-refractivity contribution in [3.63, 3.8) is 0 Å². The van der Waals surface area contributed by atoms with E-state index in [1.54, 1.807) is 12.1 Å². The number of halogens is 2. The molecule has 4 nitrogen and oxygen atoms in total. The number of carbonyl (C=O) groups excluding carboxylic acids is 1. The maximum Gasteiger partial charge on any atom is 0.241 e. The van der Waals surface area contributed by atoms with E-state index in [4.69, 9.17) is 16.9 Å². The van der Waals surface area contributed by atoms with Crippen molar-refractivity contribution in [1.82, 2.24) is 4.90 Å². The van der Waals surface area contributed by atoms with Crippen LogP contribution < -0.4 is 5.32 Å². The quantitative estimate of drug-likeness (QED) is 0.859. The minimum Gasteiger partial charge on any atom is -0.323 e. The molecule has 0 aliphatic carbocycles. The van der Waals surface area contributed by atoms with Crippen molar-refractivity contribution in [2.45, 2.75) is 18.9 Å². The Bertz CT molecular complexity index is 529. The van der Waals surface area contributed by atoms with Gasteiger partial charge in [0.15, 0.2) is 0 Å². The molecule has 1 aliphatic rings. The minimum absolute atomic E-state index is 0.104. The van der Waals surface area contributed by atoms with Crippen LogP contribution in [0.5, 0.6) is 0 Å².